The van der Waals surface area contributed by atoms with Gasteiger partial charge in [-0.15, -0.1) is 0 Å². The van der Waals surface area contributed by atoms with Crippen LogP contribution in [0.2, 0.25) is 5.02 Å². The van der Waals surface area contributed by atoms with Crippen molar-refractivity contribution >= 4 is 39.9 Å². The molecule has 2 heterocycles. The van der Waals surface area contributed by atoms with Gasteiger partial charge in [0, 0.05) is 15.1 Å². The fourth-order valence-corrected chi connectivity index (χ4v) is 4.70. The van der Waals surface area contributed by atoms with Crippen LogP contribution >= 0.6 is 34.2 Å². The molecule has 1 fully saturated rings. The van der Waals surface area contributed by atoms with E-state index in [-0.39, 0.29) is 0 Å². The molecule has 144 valence electrons. The van der Waals surface area contributed by atoms with Gasteiger partial charge in [0.05, 0.1) is 12.4 Å². The smallest absolute Gasteiger partial charge is 0.143 e. The summed E-state index contributed by atoms with van der Waals surface area (Å²) in [6.45, 7) is 5.07. The molecule has 0 unspecified atom stereocenters. The van der Waals surface area contributed by atoms with Crippen molar-refractivity contribution in [2.75, 3.05) is 31.2 Å². The lowest BCUT2D eigenvalue weighted by Crippen LogP contribution is -2.37. The summed E-state index contributed by atoms with van der Waals surface area (Å²) in [5.41, 5.74) is 3.80. The van der Waals surface area contributed by atoms with Crippen LogP contribution in [0.3, 0.4) is 0 Å². The van der Waals surface area contributed by atoms with E-state index < -0.39 is 0 Å². The number of likely N-dealkylation sites (tertiary alicyclic amines) is 1. The van der Waals surface area contributed by atoms with Crippen LogP contribution in [0.15, 0.2) is 36.4 Å². The highest BCUT2D eigenvalue weighted by molar-refractivity contribution is 14.1. The third-order valence-electron chi connectivity index (χ3n) is 5.51. The molecule has 0 atom stereocenters. The van der Waals surface area contributed by atoms with Crippen LogP contribution < -0.4 is 9.64 Å². The predicted octanol–water partition coefficient (Wildman–Crippen LogP) is 5.72. The zero-order chi connectivity index (χ0) is 18.6. The Morgan fingerprint density at radius 1 is 0.926 bits per heavy atom. The zero-order valence-corrected chi connectivity index (χ0v) is 18.5. The molecule has 0 aliphatic carbocycles. The second-order valence-corrected chi connectivity index (χ2v) is 9.18. The number of benzene rings is 2. The Kier molecular flexibility index (Phi) is 6.46. The third kappa shape index (κ3) is 4.90. The Balaban J connectivity index is 1.63. The summed E-state index contributed by atoms with van der Waals surface area (Å²) in [7, 11) is 0. The fraction of sp³-hybridized carbons (Fsp3) is 0.455. The maximum atomic E-state index is 6.33. The molecule has 5 heteroatoms. The lowest BCUT2D eigenvalue weighted by atomic mass is 10.0. The van der Waals surface area contributed by atoms with Crippen LogP contribution in [0.5, 0.6) is 5.75 Å². The first-order chi connectivity index (χ1) is 13.2. The lowest BCUT2D eigenvalue weighted by Gasteiger charge is -2.31. The predicted molar refractivity (Wildman–Crippen MR) is 121 cm³/mol. The van der Waals surface area contributed by atoms with E-state index in [4.69, 9.17) is 16.3 Å². The summed E-state index contributed by atoms with van der Waals surface area (Å²) in [5.74, 6) is 0.984. The lowest BCUT2D eigenvalue weighted by molar-refractivity contribution is 0.301. The van der Waals surface area contributed by atoms with Crippen molar-refractivity contribution in [1.82, 2.24) is 4.90 Å². The zero-order valence-electron chi connectivity index (χ0n) is 15.6. The van der Waals surface area contributed by atoms with E-state index in [1.54, 1.807) is 0 Å². The second kappa shape index (κ2) is 9.01. The van der Waals surface area contributed by atoms with Crippen molar-refractivity contribution in [3.05, 3.63) is 56.1 Å². The molecule has 2 aliphatic heterocycles. The number of rotatable bonds is 2. The minimum Gasteiger partial charge on any atom is -0.487 e. The van der Waals surface area contributed by atoms with Crippen molar-refractivity contribution in [3.63, 3.8) is 0 Å². The molecule has 0 spiro atoms. The number of fused-ring (bicyclic) bond motifs is 2. The van der Waals surface area contributed by atoms with Gasteiger partial charge >= 0.3 is 0 Å². The Hall–Kier alpha value is -0.980. The van der Waals surface area contributed by atoms with Crippen molar-refractivity contribution in [3.8, 4) is 5.75 Å². The van der Waals surface area contributed by atoms with Crippen LogP contribution in [0.25, 0.3) is 0 Å². The number of halogens is 2. The maximum absolute atomic E-state index is 6.33. The summed E-state index contributed by atoms with van der Waals surface area (Å²) in [5, 5.41) is 0.814. The molecule has 1 saturated heterocycles. The van der Waals surface area contributed by atoms with E-state index in [0.29, 0.717) is 6.61 Å². The summed E-state index contributed by atoms with van der Waals surface area (Å²) < 4.78 is 7.58. The van der Waals surface area contributed by atoms with Crippen molar-refractivity contribution in [2.45, 2.75) is 38.7 Å². The summed E-state index contributed by atoms with van der Waals surface area (Å²) in [6.07, 6.45) is 6.04. The Bertz CT molecular complexity index is 792. The number of nitrogens with zero attached hydrogens (tertiary/aromatic N) is 2. The molecular weight excluding hydrogens is 471 g/mol. The minimum absolute atomic E-state index is 0.595. The second-order valence-electron chi connectivity index (χ2n) is 7.50. The fourth-order valence-electron chi connectivity index (χ4n) is 4.03. The maximum Gasteiger partial charge on any atom is 0.143 e. The molecule has 2 aromatic carbocycles. The Morgan fingerprint density at radius 3 is 2.59 bits per heavy atom. The van der Waals surface area contributed by atoms with Crippen molar-refractivity contribution in [1.29, 1.82) is 0 Å². The first kappa shape index (κ1) is 19.3. The largest absolute Gasteiger partial charge is 0.487 e. The van der Waals surface area contributed by atoms with Crippen molar-refractivity contribution in [2.24, 2.45) is 0 Å². The van der Waals surface area contributed by atoms with Crippen LogP contribution in [0.4, 0.5) is 5.69 Å². The molecule has 0 N–H and O–H groups in total. The van der Waals surface area contributed by atoms with Crippen LogP contribution in [-0.4, -0.2) is 31.2 Å². The van der Waals surface area contributed by atoms with Gasteiger partial charge in [0.25, 0.3) is 0 Å². The van der Waals surface area contributed by atoms with Gasteiger partial charge in [-0.05, 0) is 109 Å². The van der Waals surface area contributed by atoms with Gasteiger partial charge in [-0.1, -0.05) is 17.7 Å². The molecule has 0 aromatic heterocycles. The summed E-state index contributed by atoms with van der Waals surface area (Å²) >= 11 is 8.64. The average Bonchev–Trinajstić information content (AvgIpc) is 3.16. The van der Waals surface area contributed by atoms with E-state index >= 15 is 0 Å². The van der Waals surface area contributed by atoms with E-state index in [9.17, 15) is 0 Å². The molecule has 0 saturated carbocycles. The van der Waals surface area contributed by atoms with Gasteiger partial charge in [0.15, 0.2) is 0 Å². The van der Waals surface area contributed by atoms with E-state index in [0.717, 1.165) is 30.4 Å². The molecule has 27 heavy (non-hydrogen) atoms. The number of hydrogen-bond acceptors (Lipinski definition) is 3. The Morgan fingerprint density at radius 2 is 1.74 bits per heavy atom. The number of aryl methyl sites for hydroxylation is 1. The van der Waals surface area contributed by atoms with E-state index in [2.05, 4.69) is 62.7 Å². The van der Waals surface area contributed by atoms with E-state index in [1.165, 1.54) is 59.2 Å². The highest BCUT2D eigenvalue weighted by Crippen LogP contribution is 2.33. The number of anilines is 1. The molecule has 3 nitrogen and oxygen atoms in total. The minimum atomic E-state index is 0.595. The molecule has 0 amide bonds. The number of hydrogen-bond donors (Lipinski definition) is 0. The monoisotopic (exact) mass is 496 g/mol. The Labute approximate surface area is 180 Å². The quantitative estimate of drug-likeness (QED) is 0.495. The van der Waals surface area contributed by atoms with Gasteiger partial charge in [-0.2, -0.15) is 0 Å². The first-order valence-corrected chi connectivity index (χ1v) is 11.3. The average molecular weight is 497 g/mol. The van der Waals surface area contributed by atoms with E-state index in [1.807, 2.05) is 6.07 Å². The van der Waals surface area contributed by atoms with Gasteiger partial charge in [0.1, 0.15) is 12.4 Å². The molecule has 2 aliphatic rings. The van der Waals surface area contributed by atoms with Gasteiger partial charge in [-0.25, -0.2) is 0 Å². The standard InChI is InChI=1S/C22H26ClIN2O/c23-19-7-6-18-15-27-22-9-8-20(24)14-21(22)26(16-25-10-3-4-11-25)12-2-1-5-17(18)13-19/h6-9,13-14H,1-5,10-12,15-16H2. The highest BCUT2D eigenvalue weighted by Gasteiger charge is 2.20. The summed E-state index contributed by atoms with van der Waals surface area (Å²) in [6, 6.07) is 12.7. The molecule has 0 radical (unpaired) electrons. The van der Waals surface area contributed by atoms with Crippen LogP contribution in [0, 0.1) is 3.57 Å². The molecule has 4 rings (SSSR count). The van der Waals surface area contributed by atoms with Crippen LogP contribution in [0.1, 0.15) is 36.8 Å². The third-order valence-corrected chi connectivity index (χ3v) is 6.41. The summed E-state index contributed by atoms with van der Waals surface area (Å²) in [4.78, 5) is 5.09. The van der Waals surface area contributed by atoms with Crippen molar-refractivity contribution < 1.29 is 4.74 Å². The van der Waals surface area contributed by atoms with Gasteiger partial charge < -0.3 is 9.64 Å². The highest BCUT2D eigenvalue weighted by atomic mass is 127. The molecular formula is C22H26ClIN2O. The molecule has 2 aromatic rings. The van der Waals surface area contributed by atoms with Gasteiger partial charge in [-0.3, -0.25) is 4.90 Å². The number of ether oxygens (including phenoxy) is 1. The first-order valence-electron chi connectivity index (χ1n) is 9.86. The normalized spacial score (nSPS) is 18.4. The van der Waals surface area contributed by atoms with Gasteiger partial charge in [0.2, 0.25) is 0 Å². The molecule has 0 bridgehead atoms. The SMILES string of the molecule is Clc1ccc2c(c1)CCCCN(CN1CCCC1)c1cc(I)ccc1OC2. The topological polar surface area (TPSA) is 15.7 Å². The van der Waals surface area contributed by atoms with Crippen LogP contribution in [-0.2, 0) is 13.0 Å².